The topological polar surface area (TPSA) is 120 Å². The molecule has 0 amide bonds. The van der Waals surface area contributed by atoms with Crippen LogP contribution in [0.25, 0.3) is 0 Å². The molecule has 170 valence electrons. The quantitative estimate of drug-likeness (QED) is 0.324. The molecule has 2 aromatic carbocycles. The predicted octanol–water partition coefficient (Wildman–Crippen LogP) is 0.0714. The van der Waals surface area contributed by atoms with Crippen molar-refractivity contribution in [2.75, 3.05) is 0 Å². The second-order valence-electron chi connectivity index (χ2n) is 9.23. The molecule has 1 saturated heterocycles. The van der Waals surface area contributed by atoms with Crippen LogP contribution >= 0.6 is 0 Å². The molecule has 6 atom stereocenters. The summed E-state index contributed by atoms with van der Waals surface area (Å²) in [6.07, 6.45) is -8.28. The molecular formula is C23H32O7Si. The Hall–Kier alpha value is -1.62. The Morgan fingerprint density at radius 1 is 0.903 bits per heavy atom. The Morgan fingerprint density at radius 3 is 1.77 bits per heavy atom. The van der Waals surface area contributed by atoms with Crippen molar-refractivity contribution in [3.05, 3.63) is 60.7 Å². The van der Waals surface area contributed by atoms with E-state index in [1.807, 2.05) is 81.4 Å². The summed E-state index contributed by atoms with van der Waals surface area (Å²) in [5.41, 5.74) is 0. The SMILES string of the molecule is CC(C)(C)[Si](OC(O)[C@H]1O[C@](C)(O)[C@H](O)[C@@H](O)[C@H]1O)(c1ccccc1)c1ccccc1. The van der Waals surface area contributed by atoms with Gasteiger partial charge in [-0.05, 0) is 22.3 Å². The maximum atomic E-state index is 11.1. The van der Waals surface area contributed by atoms with E-state index < -0.39 is 49.8 Å². The van der Waals surface area contributed by atoms with Gasteiger partial charge < -0.3 is 34.7 Å². The van der Waals surface area contributed by atoms with Gasteiger partial charge in [0.05, 0.1) is 0 Å². The predicted molar refractivity (Wildman–Crippen MR) is 118 cm³/mol. The summed E-state index contributed by atoms with van der Waals surface area (Å²) in [5, 5.41) is 53.5. The van der Waals surface area contributed by atoms with Gasteiger partial charge in [-0.3, -0.25) is 0 Å². The van der Waals surface area contributed by atoms with E-state index in [1.54, 1.807) is 0 Å². The molecule has 0 spiro atoms. The summed E-state index contributed by atoms with van der Waals surface area (Å²) in [6, 6.07) is 19.2. The molecule has 0 aliphatic carbocycles. The minimum absolute atomic E-state index is 0.447. The summed E-state index contributed by atoms with van der Waals surface area (Å²) in [6.45, 7) is 7.24. The summed E-state index contributed by atoms with van der Waals surface area (Å²) in [5.74, 6) is -2.17. The average Bonchev–Trinajstić information content (AvgIpc) is 2.73. The van der Waals surface area contributed by atoms with Gasteiger partial charge in [-0.25, -0.2) is 0 Å². The van der Waals surface area contributed by atoms with Crippen LogP contribution in [0.1, 0.15) is 27.7 Å². The number of hydrogen-bond donors (Lipinski definition) is 5. The van der Waals surface area contributed by atoms with Gasteiger partial charge in [0, 0.05) is 0 Å². The molecule has 3 rings (SSSR count). The smallest absolute Gasteiger partial charge is 0.264 e. The van der Waals surface area contributed by atoms with Crippen molar-refractivity contribution in [3.8, 4) is 0 Å². The zero-order chi connectivity index (χ0) is 23.0. The van der Waals surface area contributed by atoms with Crippen molar-refractivity contribution in [2.45, 2.75) is 69.2 Å². The lowest BCUT2D eigenvalue weighted by Gasteiger charge is -2.49. The van der Waals surface area contributed by atoms with Gasteiger partial charge in [0.1, 0.15) is 24.4 Å². The summed E-state index contributed by atoms with van der Waals surface area (Å²) in [4.78, 5) is 0. The van der Waals surface area contributed by atoms with Crippen LogP contribution in [0.2, 0.25) is 5.04 Å². The largest absolute Gasteiger partial charge is 0.387 e. The molecule has 1 unspecified atom stereocenters. The van der Waals surface area contributed by atoms with Crippen LogP contribution < -0.4 is 10.4 Å². The standard InChI is InChI=1S/C23H32O7Si/c1-22(2,3)31(15-11-7-5-8-12-15,16-13-9-6-10-14-16)30-21(27)19-17(24)18(25)20(26)23(4,28)29-19/h5-14,17-21,24-28H,1-4H3/t17-,18+,19+,20-,21?,23+/m1/s1. The molecule has 2 aromatic rings. The summed E-state index contributed by atoms with van der Waals surface area (Å²) in [7, 11) is -3.18. The number of hydrogen-bond acceptors (Lipinski definition) is 7. The Labute approximate surface area is 183 Å². The Kier molecular flexibility index (Phi) is 6.76. The van der Waals surface area contributed by atoms with Crippen molar-refractivity contribution in [1.82, 2.24) is 0 Å². The van der Waals surface area contributed by atoms with Crippen molar-refractivity contribution in [3.63, 3.8) is 0 Å². The van der Waals surface area contributed by atoms with Crippen molar-refractivity contribution in [1.29, 1.82) is 0 Å². The van der Waals surface area contributed by atoms with E-state index in [0.717, 1.165) is 17.3 Å². The minimum atomic E-state index is -3.18. The second kappa shape index (κ2) is 8.72. The fourth-order valence-electron chi connectivity index (χ4n) is 4.28. The molecular weight excluding hydrogens is 416 g/mol. The van der Waals surface area contributed by atoms with Gasteiger partial charge in [-0.2, -0.15) is 0 Å². The van der Waals surface area contributed by atoms with Gasteiger partial charge in [-0.15, -0.1) is 0 Å². The first-order valence-electron chi connectivity index (χ1n) is 10.3. The van der Waals surface area contributed by atoms with Gasteiger partial charge in [0.25, 0.3) is 8.32 Å². The van der Waals surface area contributed by atoms with Crippen LogP contribution in [0.5, 0.6) is 0 Å². The molecule has 8 heteroatoms. The summed E-state index contributed by atoms with van der Waals surface area (Å²) >= 11 is 0. The van der Waals surface area contributed by atoms with Gasteiger partial charge in [0.15, 0.2) is 12.1 Å². The Bertz CT molecular complexity index is 814. The van der Waals surface area contributed by atoms with Crippen LogP contribution in [0.3, 0.4) is 0 Å². The molecule has 1 heterocycles. The number of rotatable bonds is 5. The average molecular weight is 449 g/mol. The third kappa shape index (κ3) is 4.35. The van der Waals surface area contributed by atoms with E-state index in [1.165, 1.54) is 0 Å². The fraction of sp³-hybridized carbons (Fsp3) is 0.478. The lowest BCUT2D eigenvalue weighted by molar-refractivity contribution is -0.361. The molecule has 0 aromatic heterocycles. The van der Waals surface area contributed by atoms with E-state index in [2.05, 4.69) is 0 Å². The van der Waals surface area contributed by atoms with Crippen LogP contribution in [0.4, 0.5) is 0 Å². The maximum Gasteiger partial charge on any atom is 0.264 e. The maximum absolute atomic E-state index is 11.1. The number of benzene rings is 2. The normalized spacial score (nSPS) is 30.7. The lowest BCUT2D eigenvalue weighted by atomic mass is 9.93. The van der Waals surface area contributed by atoms with E-state index in [9.17, 15) is 25.5 Å². The highest BCUT2D eigenvalue weighted by atomic mass is 28.4. The highest BCUT2D eigenvalue weighted by Crippen LogP contribution is 2.39. The Balaban J connectivity index is 2.09. The second-order valence-corrected chi connectivity index (χ2v) is 13.5. The number of ether oxygens (including phenoxy) is 1. The van der Waals surface area contributed by atoms with E-state index in [4.69, 9.17) is 9.16 Å². The van der Waals surface area contributed by atoms with Crippen LogP contribution in [0, 0.1) is 0 Å². The summed E-state index contributed by atoms with van der Waals surface area (Å²) < 4.78 is 11.9. The van der Waals surface area contributed by atoms with Gasteiger partial charge in [-0.1, -0.05) is 81.4 Å². The fourth-order valence-corrected chi connectivity index (χ4v) is 8.79. The third-order valence-corrected chi connectivity index (χ3v) is 10.9. The molecule has 7 nitrogen and oxygen atoms in total. The van der Waals surface area contributed by atoms with E-state index in [0.29, 0.717) is 0 Å². The zero-order valence-electron chi connectivity index (χ0n) is 18.2. The van der Waals surface area contributed by atoms with Crippen LogP contribution in [-0.4, -0.2) is 70.3 Å². The Morgan fingerprint density at radius 2 is 1.35 bits per heavy atom. The lowest BCUT2D eigenvalue weighted by Crippen LogP contribution is -2.71. The highest BCUT2D eigenvalue weighted by molar-refractivity contribution is 6.99. The molecule has 0 bridgehead atoms. The minimum Gasteiger partial charge on any atom is -0.387 e. The third-order valence-electron chi connectivity index (χ3n) is 5.93. The monoisotopic (exact) mass is 448 g/mol. The molecule has 0 radical (unpaired) electrons. The molecule has 1 aliphatic heterocycles. The zero-order valence-corrected chi connectivity index (χ0v) is 19.2. The van der Waals surface area contributed by atoms with Crippen LogP contribution in [-0.2, 0) is 9.16 Å². The van der Waals surface area contributed by atoms with E-state index in [-0.39, 0.29) is 0 Å². The molecule has 31 heavy (non-hydrogen) atoms. The van der Waals surface area contributed by atoms with Crippen molar-refractivity contribution < 1.29 is 34.7 Å². The molecule has 1 fully saturated rings. The van der Waals surface area contributed by atoms with Crippen LogP contribution in [0.15, 0.2) is 60.7 Å². The number of aliphatic hydroxyl groups excluding tert-OH is 4. The first-order chi connectivity index (χ1) is 14.4. The first-order valence-corrected chi connectivity index (χ1v) is 12.2. The van der Waals surface area contributed by atoms with Gasteiger partial charge in [0.2, 0.25) is 0 Å². The number of aliphatic hydroxyl groups is 5. The molecule has 5 N–H and O–H groups in total. The van der Waals surface area contributed by atoms with Gasteiger partial charge >= 0.3 is 0 Å². The van der Waals surface area contributed by atoms with Crippen molar-refractivity contribution >= 4 is 18.7 Å². The molecule has 0 saturated carbocycles. The highest BCUT2D eigenvalue weighted by Gasteiger charge is 2.56. The van der Waals surface area contributed by atoms with E-state index >= 15 is 0 Å². The van der Waals surface area contributed by atoms with Crippen molar-refractivity contribution in [2.24, 2.45) is 0 Å². The first kappa shape index (κ1) is 24.0. The molecule has 1 aliphatic rings.